The predicted molar refractivity (Wildman–Crippen MR) is 77.5 cm³/mol. The van der Waals surface area contributed by atoms with Crippen molar-refractivity contribution in [2.75, 3.05) is 0 Å². The molecule has 0 spiro atoms. The molecule has 101 valence electrons. The molecule has 2 aromatic rings. The highest BCUT2D eigenvalue weighted by Gasteiger charge is 2.22. The lowest BCUT2D eigenvalue weighted by molar-refractivity contribution is 0.0998. The molecular weight excluding hydrogens is 250 g/mol. The molecule has 1 atom stereocenters. The molecule has 3 rings (SSSR count). The highest BCUT2D eigenvalue weighted by atomic mass is 16.3. The van der Waals surface area contributed by atoms with Gasteiger partial charge in [0.25, 0.3) is 5.91 Å². The first kappa shape index (κ1) is 12.7. The Kier molecular flexibility index (Phi) is 3.18. The summed E-state index contributed by atoms with van der Waals surface area (Å²) in [5.74, 6) is -0.280. The first-order chi connectivity index (χ1) is 9.65. The van der Waals surface area contributed by atoms with Crippen molar-refractivity contribution in [3.63, 3.8) is 0 Å². The van der Waals surface area contributed by atoms with Gasteiger partial charge in [-0.1, -0.05) is 30.3 Å². The lowest BCUT2D eigenvalue weighted by Gasteiger charge is -2.12. The topological polar surface area (TPSA) is 63.3 Å². The molecule has 1 radical (unpaired) electrons. The summed E-state index contributed by atoms with van der Waals surface area (Å²) in [7, 11) is 0. The smallest absolute Gasteiger partial charge is 0.252 e. The Labute approximate surface area is 118 Å². The van der Waals surface area contributed by atoms with Crippen molar-refractivity contribution in [1.82, 2.24) is 0 Å². The molecule has 0 heterocycles. The summed E-state index contributed by atoms with van der Waals surface area (Å²) in [6, 6.07) is 13.5. The summed E-state index contributed by atoms with van der Waals surface area (Å²) in [6.07, 6.45) is 4.11. The van der Waals surface area contributed by atoms with Gasteiger partial charge < -0.3 is 10.8 Å². The van der Waals surface area contributed by atoms with E-state index < -0.39 is 5.91 Å². The van der Waals surface area contributed by atoms with Gasteiger partial charge in [-0.25, -0.2) is 0 Å². The zero-order chi connectivity index (χ0) is 14.1. The average molecular weight is 266 g/mol. The Balaban J connectivity index is 1.83. The fourth-order valence-electron chi connectivity index (χ4n) is 2.84. The van der Waals surface area contributed by atoms with Crippen LogP contribution in [-0.2, 0) is 12.8 Å². The second-order valence-electron chi connectivity index (χ2n) is 5.17. The maximum Gasteiger partial charge on any atom is 0.252 e. The van der Waals surface area contributed by atoms with Gasteiger partial charge in [-0.15, -0.1) is 0 Å². The average Bonchev–Trinajstić information content (AvgIpc) is 2.82. The van der Waals surface area contributed by atoms with E-state index in [0.29, 0.717) is 5.92 Å². The summed E-state index contributed by atoms with van der Waals surface area (Å²) in [5, 5.41) is 9.82. The van der Waals surface area contributed by atoms with Gasteiger partial charge in [0, 0.05) is 0 Å². The Morgan fingerprint density at radius 2 is 2.05 bits per heavy atom. The van der Waals surface area contributed by atoms with E-state index in [1.165, 1.54) is 11.1 Å². The number of nitrogens with two attached hydrogens (primary N) is 1. The monoisotopic (exact) mass is 266 g/mol. The first-order valence-corrected chi connectivity index (χ1v) is 6.68. The Morgan fingerprint density at radius 1 is 1.25 bits per heavy atom. The van der Waals surface area contributed by atoms with E-state index in [0.717, 1.165) is 18.4 Å². The summed E-state index contributed by atoms with van der Waals surface area (Å²) in [6.45, 7) is 0. The van der Waals surface area contributed by atoms with E-state index >= 15 is 0 Å². The third-order valence-corrected chi connectivity index (χ3v) is 3.86. The number of rotatable bonds is 3. The Bertz CT molecular complexity index is 664. The van der Waals surface area contributed by atoms with Crippen molar-refractivity contribution in [1.29, 1.82) is 0 Å². The van der Waals surface area contributed by atoms with Gasteiger partial charge in [0.15, 0.2) is 0 Å². The molecule has 20 heavy (non-hydrogen) atoms. The molecule has 0 fully saturated rings. The van der Waals surface area contributed by atoms with Crippen molar-refractivity contribution < 1.29 is 9.90 Å². The molecule has 0 aromatic heterocycles. The normalized spacial score (nSPS) is 16.9. The standard InChI is InChI=1S/C17H16NO2/c18-17(20)15-8-5-11(10-16(15)19)9-13-7-6-12-3-1-2-4-14(12)13/h1-5,7-8,10,13,19H,6,9H2,(H2,18,20). The fourth-order valence-corrected chi connectivity index (χ4v) is 2.84. The van der Waals surface area contributed by atoms with Crippen LogP contribution < -0.4 is 5.73 Å². The number of hydrogen-bond acceptors (Lipinski definition) is 2. The van der Waals surface area contributed by atoms with E-state index in [-0.39, 0.29) is 11.3 Å². The molecule has 3 nitrogen and oxygen atoms in total. The van der Waals surface area contributed by atoms with E-state index in [1.54, 1.807) is 12.1 Å². The highest BCUT2D eigenvalue weighted by Crippen LogP contribution is 2.35. The van der Waals surface area contributed by atoms with Crippen LogP contribution in [0.25, 0.3) is 0 Å². The van der Waals surface area contributed by atoms with E-state index in [1.807, 2.05) is 6.07 Å². The molecule has 3 N–H and O–H groups in total. The molecular formula is C17H16NO2. The van der Waals surface area contributed by atoms with Crippen molar-refractivity contribution in [3.05, 3.63) is 71.1 Å². The summed E-state index contributed by atoms with van der Waals surface area (Å²) in [5.41, 5.74) is 9.09. The van der Waals surface area contributed by atoms with Gasteiger partial charge >= 0.3 is 0 Å². The molecule has 0 bridgehead atoms. The van der Waals surface area contributed by atoms with Gasteiger partial charge in [-0.3, -0.25) is 4.79 Å². The maximum atomic E-state index is 11.1. The summed E-state index contributed by atoms with van der Waals surface area (Å²) < 4.78 is 0. The first-order valence-electron chi connectivity index (χ1n) is 6.68. The maximum absolute atomic E-state index is 11.1. The van der Waals surface area contributed by atoms with Crippen molar-refractivity contribution in [3.8, 4) is 5.75 Å². The minimum atomic E-state index is -0.605. The lowest BCUT2D eigenvalue weighted by atomic mass is 9.93. The predicted octanol–water partition coefficient (Wildman–Crippen LogP) is 2.58. The van der Waals surface area contributed by atoms with Crippen LogP contribution in [-0.4, -0.2) is 11.0 Å². The third-order valence-electron chi connectivity index (χ3n) is 3.86. The molecule has 1 amide bonds. The molecule has 2 aromatic carbocycles. The second-order valence-corrected chi connectivity index (χ2v) is 5.17. The number of amides is 1. The number of hydrogen-bond donors (Lipinski definition) is 2. The lowest BCUT2D eigenvalue weighted by Crippen LogP contribution is -2.11. The van der Waals surface area contributed by atoms with Crippen molar-refractivity contribution >= 4 is 5.91 Å². The molecule has 0 saturated carbocycles. The second kappa shape index (κ2) is 5.00. The van der Waals surface area contributed by atoms with Gasteiger partial charge in [-0.2, -0.15) is 0 Å². The molecule has 1 aliphatic rings. The zero-order valence-electron chi connectivity index (χ0n) is 11.0. The zero-order valence-corrected chi connectivity index (χ0v) is 11.0. The number of benzene rings is 2. The quantitative estimate of drug-likeness (QED) is 0.896. The van der Waals surface area contributed by atoms with Gasteiger partial charge in [-0.05, 0) is 54.0 Å². The van der Waals surface area contributed by atoms with Gasteiger partial charge in [0.05, 0.1) is 5.56 Å². The fraction of sp³-hybridized carbons (Fsp3) is 0.176. The van der Waals surface area contributed by atoms with Crippen LogP contribution in [0.2, 0.25) is 0 Å². The minimum absolute atomic E-state index is 0.0405. The number of phenols is 1. The van der Waals surface area contributed by atoms with Gasteiger partial charge in [0.2, 0.25) is 0 Å². The van der Waals surface area contributed by atoms with E-state index in [4.69, 9.17) is 5.73 Å². The molecule has 1 unspecified atom stereocenters. The summed E-state index contributed by atoms with van der Waals surface area (Å²) in [4.78, 5) is 11.1. The van der Waals surface area contributed by atoms with Gasteiger partial charge in [0.1, 0.15) is 5.75 Å². The van der Waals surface area contributed by atoms with Crippen LogP contribution in [0.4, 0.5) is 0 Å². The van der Waals surface area contributed by atoms with Crippen LogP contribution in [0.5, 0.6) is 5.75 Å². The van der Waals surface area contributed by atoms with Crippen molar-refractivity contribution in [2.24, 2.45) is 5.73 Å². The summed E-state index contributed by atoms with van der Waals surface area (Å²) >= 11 is 0. The molecule has 0 aliphatic heterocycles. The molecule has 3 heteroatoms. The molecule has 0 saturated heterocycles. The SMILES string of the molecule is NC(=O)c1ccc(CC2[CH]Cc3ccccc32)cc1O. The minimum Gasteiger partial charge on any atom is -0.507 e. The Morgan fingerprint density at radius 3 is 2.80 bits per heavy atom. The van der Waals surface area contributed by atoms with E-state index in [9.17, 15) is 9.90 Å². The van der Waals surface area contributed by atoms with Crippen LogP contribution in [0.3, 0.4) is 0 Å². The number of carbonyl (C=O) groups excluding carboxylic acids is 1. The van der Waals surface area contributed by atoms with Crippen LogP contribution in [0, 0.1) is 6.42 Å². The number of primary amides is 1. The molecule has 1 aliphatic carbocycles. The number of aromatic hydroxyl groups is 1. The van der Waals surface area contributed by atoms with Crippen LogP contribution in [0.15, 0.2) is 42.5 Å². The van der Waals surface area contributed by atoms with Crippen molar-refractivity contribution in [2.45, 2.75) is 18.8 Å². The number of fused-ring (bicyclic) bond motifs is 1. The van der Waals surface area contributed by atoms with Crippen LogP contribution in [0.1, 0.15) is 33.0 Å². The van der Waals surface area contributed by atoms with Crippen LogP contribution >= 0.6 is 0 Å². The van der Waals surface area contributed by atoms with E-state index in [2.05, 4.69) is 30.7 Å². The highest BCUT2D eigenvalue weighted by molar-refractivity contribution is 5.95. The Hall–Kier alpha value is -2.29. The largest absolute Gasteiger partial charge is 0.507 e. The third kappa shape index (κ3) is 2.27. The number of carbonyl (C=O) groups is 1.